The minimum atomic E-state index is -4.49. The molecule has 1 fully saturated rings. The molecule has 1 saturated heterocycles. The Morgan fingerprint density at radius 3 is 2.63 bits per heavy atom. The molecule has 19 heavy (non-hydrogen) atoms. The third kappa shape index (κ3) is 3.38. The van der Waals surface area contributed by atoms with Gasteiger partial charge in [-0.1, -0.05) is 6.07 Å². The van der Waals surface area contributed by atoms with Crippen molar-refractivity contribution in [1.29, 1.82) is 0 Å². The highest BCUT2D eigenvalue weighted by Gasteiger charge is 2.32. The van der Waals surface area contributed by atoms with E-state index < -0.39 is 27.0 Å². The molecule has 1 unspecified atom stereocenters. The lowest BCUT2D eigenvalue weighted by atomic mass is 10.2. The fourth-order valence-corrected chi connectivity index (χ4v) is 3.29. The Morgan fingerprint density at radius 2 is 2.05 bits per heavy atom. The van der Waals surface area contributed by atoms with Crippen molar-refractivity contribution in [2.75, 3.05) is 17.8 Å². The molecule has 0 amide bonds. The molecular weight excluding hydrogens is 281 g/mol. The molecule has 1 aromatic rings. The normalized spacial score (nSPS) is 20.5. The minimum Gasteiger partial charge on any atom is -0.315 e. The van der Waals surface area contributed by atoms with Gasteiger partial charge in [-0.15, -0.1) is 0 Å². The number of anilines is 1. The highest BCUT2D eigenvalue weighted by atomic mass is 32.2. The maximum Gasteiger partial charge on any atom is 0.416 e. The van der Waals surface area contributed by atoms with Crippen LogP contribution in [0, 0.1) is 0 Å². The fraction of sp³-hybridized carbons (Fsp3) is 0.455. The van der Waals surface area contributed by atoms with Gasteiger partial charge in [0.25, 0.3) is 0 Å². The van der Waals surface area contributed by atoms with Crippen molar-refractivity contribution in [3.8, 4) is 0 Å². The summed E-state index contributed by atoms with van der Waals surface area (Å²) in [4.78, 5) is 0. The van der Waals surface area contributed by atoms with Gasteiger partial charge in [0, 0.05) is 12.2 Å². The Labute approximate surface area is 109 Å². The van der Waals surface area contributed by atoms with Gasteiger partial charge in [0.05, 0.1) is 10.8 Å². The lowest BCUT2D eigenvalue weighted by Gasteiger charge is -2.14. The predicted molar refractivity (Wildman–Crippen MR) is 65.3 cm³/mol. The number of alkyl halides is 3. The van der Waals surface area contributed by atoms with Crippen molar-refractivity contribution in [2.45, 2.75) is 17.8 Å². The van der Waals surface area contributed by atoms with E-state index in [0.29, 0.717) is 19.5 Å². The summed E-state index contributed by atoms with van der Waals surface area (Å²) < 4.78 is 63.6. The third-order valence-corrected chi connectivity index (χ3v) is 4.70. The molecule has 1 aliphatic rings. The van der Waals surface area contributed by atoms with Crippen molar-refractivity contribution in [1.82, 2.24) is 5.32 Å². The topological polar surface area (TPSA) is 58.2 Å². The molecule has 1 aliphatic heterocycles. The van der Waals surface area contributed by atoms with Gasteiger partial charge in [0.2, 0.25) is 10.0 Å². The van der Waals surface area contributed by atoms with Crippen molar-refractivity contribution in [2.24, 2.45) is 0 Å². The first-order valence-electron chi connectivity index (χ1n) is 5.69. The van der Waals surface area contributed by atoms with Crippen molar-refractivity contribution >= 4 is 15.7 Å². The van der Waals surface area contributed by atoms with Gasteiger partial charge in [-0.2, -0.15) is 13.2 Å². The molecule has 0 spiro atoms. The zero-order valence-electron chi connectivity index (χ0n) is 9.87. The third-order valence-electron chi connectivity index (χ3n) is 2.90. The SMILES string of the molecule is O=S(=O)(Nc1cccc(C(F)(F)F)c1)C1CCNC1. The summed E-state index contributed by atoms with van der Waals surface area (Å²) >= 11 is 0. The molecule has 4 nitrogen and oxygen atoms in total. The second-order valence-electron chi connectivity index (χ2n) is 4.34. The second-order valence-corrected chi connectivity index (χ2v) is 6.30. The number of sulfonamides is 1. The Morgan fingerprint density at radius 1 is 1.32 bits per heavy atom. The standard InChI is InChI=1S/C11H13F3N2O2S/c12-11(13,14)8-2-1-3-9(6-8)16-19(17,18)10-4-5-15-7-10/h1-3,6,10,15-16H,4-5,7H2. The van der Waals surface area contributed by atoms with E-state index in [1.807, 2.05) is 0 Å². The zero-order valence-corrected chi connectivity index (χ0v) is 10.7. The van der Waals surface area contributed by atoms with E-state index in [0.717, 1.165) is 12.1 Å². The predicted octanol–water partition coefficient (Wildman–Crippen LogP) is 1.81. The van der Waals surface area contributed by atoms with Gasteiger partial charge in [-0.25, -0.2) is 8.42 Å². The summed E-state index contributed by atoms with van der Waals surface area (Å²) in [6.45, 7) is 0.905. The van der Waals surface area contributed by atoms with Gasteiger partial charge >= 0.3 is 6.18 Å². The monoisotopic (exact) mass is 294 g/mol. The van der Waals surface area contributed by atoms with E-state index in [1.54, 1.807) is 0 Å². The highest BCUT2D eigenvalue weighted by molar-refractivity contribution is 7.93. The molecule has 1 atom stereocenters. The molecule has 2 N–H and O–H groups in total. The lowest BCUT2D eigenvalue weighted by Crippen LogP contribution is -2.29. The van der Waals surface area contributed by atoms with Crippen molar-refractivity contribution in [3.63, 3.8) is 0 Å². The molecule has 0 aromatic heterocycles. The first-order chi connectivity index (χ1) is 8.79. The van der Waals surface area contributed by atoms with Crippen molar-refractivity contribution in [3.05, 3.63) is 29.8 Å². The Hall–Kier alpha value is -1.28. The summed E-state index contributed by atoms with van der Waals surface area (Å²) in [6, 6.07) is 4.16. The zero-order chi connectivity index (χ0) is 14.1. The van der Waals surface area contributed by atoms with Gasteiger partial charge in [0.1, 0.15) is 0 Å². The Kier molecular flexibility index (Phi) is 3.73. The van der Waals surface area contributed by atoms with Crippen LogP contribution in [0.5, 0.6) is 0 Å². The average molecular weight is 294 g/mol. The van der Waals surface area contributed by atoms with Crippen LogP contribution in [-0.4, -0.2) is 26.8 Å². The van der Waals surface area contributed by atoms with Crippen LogP contribution in [0.25, 0.3) is 0 Å². The van der Waals surface area contributed by atoms with Crippen LogP contribution in [0.15, 0.2) is 24.3 Å². The second kappa shape index (κ2) is 5.01. The van der Waals surface area contributed by atoms with Crippen LogP contribution in [0.1, 0.15) is 12.0 Å². The van der Waals surface area contributed by atoms with Crippen LogP contribution in [-0.2, 0) is 16.2 Å². The molecule has 0 bridgehead atoms. The van der Waals surface area contributed by atoms with E-state index in [9.17, 15) is 21.6 Å². The number of hydrogen-bond acceptors (Lipinski definition) is 3. The highest BCUT2D eigenvalue weighted by Crippen LogP contribution is 2.31. The van der Waals surface area contributed by atoms with E-state index in [2.05, 4.69) is 10.0 Å². The molecule has 1 heterocycles. The minimum absolute atomic E-state index is 0.0678. The number of nitrogens with one attached hydrogen (secondary N) is 2. The number of halogens is 3. The van der Waals surface area contributed by atoms with E-state index in [-0.39, 0.29) is 5.69 Å². The van der Waals surface area contributed by atoms with Crippen molar-refractivity contribution < 1.29 is 21.6 Å². The maximum absolute atomic E-state index is 12.5. The largest absolute Gasteiger partial charge is 0.416 e. The number of rotatable bonds is 3. The first-order valence-corrected chi connectivity index (χ1v) is 7.23. The number of benzene rings is 1. The Balaban J connectivity index is 2.19. The van der Waals surface area contributed by atoms with Gasteiger partial charge < -0.3 is 5.32 Å². The average Bonchev–Trinajstić information content (AvgIpc) is 2.81. The van der Waals surface area contributed by atoms with Crippen LogP contribution >= 0.6 is 0 Å². The molecule has 106 valence electrons. The molecule has 2 rings (SSSR count). The van der Waals surface area contributed by atoms with Crippen LogP contribution in [0.3, 0.4) is 0 Å². The summed E-state index contributed by atoms with van der Waals surface area (Å²) in [5.74, 6) is 0. The summed E-state index contributed by atoms with van der Waals surface area (Å²) in [7, 11) is -3.66. The molecule has 0 saturated carbocycles. The van der Waals surface area contributed by atoms with Gasteiger partial charge in [-0.3, -0.25) is 4.72 Å². The van der Waals surface area contributed by atoms with Gasteiger partial charge in [-0.05, 0) is 31.2 Å². The van der Waals surface area contributed by atoms with Crippen LogP contribution < -0.4 is 10.0 Å². The molecule has 0 aliphatic carbocycles. The summed E-state index contributed by atoms with van der Waals surface area (Å²) in [6.07, 6.45) is -4.04. The first kappa shape index (κ1) is 14.1. The summed E-state index contributed by atoms with van der Waals surface area (Å²) in [5.41, 5.74) is -0.945. The number of hydrogen-bond donors (Lipinski definition) is 2. The van der Waals surface area contributed by atoms with E-state index >= 15 is 0 Å². The molecule has 8 heteroatoms. The van der Waals surface area contributed by atoms with E-state index in [4.69, 9.17) is 0 Å². The van der Waals surface area contributed by atoms with Crippen LogP contribution in [0.4, 0.5) is 18.9 Å². The van der Waals surface area contributed by atoms with Gasteiger partial charge in [0.15, 0.2) is 0 Å². The van der Waals surface area contributed by atoms with E-state index in [1.165, 1.54) is 12.1 Å². The molecule has 1 aromatic carbocycles. The molecular formula is C11H13F3N2O2S. The smallest absolute Gasteiger partial charge is 0.315 e. The fourth-order valence-electron chi connectivity index (χ4n) is 1.90. The lowest BCUT2D eigenvalue weighted by molar-refractivity contribution is -0.137. The quantitative estimate of drug-likeness (QED) is 0.894. The Bertz CT molecular complexity index is 551. The maximum atomic E-state index is 12.5. The summed E-state index contributed by atoms with van der Waals surface area (Å²) in [5, 5.41) is 2.29. The molecule has 0 radical (unpaired) electrons. The van der Waals surface area contributed by atoms with Crippen LogP contribution in [0.2, 0.25) is 0 Å².